The lowest BCUT2D eigenvalue weighted by molar-refractivity contribution is 0.00534. The van der Waals surface area contributed by atoms with E-state index >= 15 is 0 Å². The summed E-state index contributed by atoms with van der Waals surface area (Å²) in [6, 6.07) is 13.6. The molecule has 1 aromatic heterocycles. The van der Waals surface area contributed by atoms with E-state index in [1.165, 1.54) is 29.7 Å². The topological polar surface area (TPSA) is 40.9 Å². The van der Waals surface area contributed by atoms with Crippen LogP contribution in [0.3, 0.4) is 0 Å². The molecule has 1 aliphatic heterocycles. The van der Waals surface area contributed by atoms with Crippen LogP contribution >= 0.6 is 0 Å². The first-order valence-electron chi connectivity index (χ1n) is 10.6. The number of morpholine rings is 1. The highest BCUT2D eigenvalue weighted by atomic mass is 16.5. The Labute approximate surface area is 168 Å². The minimum atomic E-state index is -0.307. The summed E-state index contributed by atoms with van der Waals surface area (Å²) in [5.74, 6) is 0. The number of hydrogen-bond donors (Lipinski definition) is 1. The average molecular weight is 384 g/mol. The van der Waals surface area contributed by atoms with E-state index in [0.29, 0.717) is 6.04 Å². The molecular formula is C23H33N3O2. The lowest BCUT2D eigenvalue weighted by atomic mass is 10.1. The van der Waals surface area contributed by atoms with Gasteiger partial charge >= 0.3 is 0 Å². The quantitative estimate of drug-likeness (QED) is 0.722. The van der Waals surface area contributed by atoms with Gasteiger partial charge in [-0.3, -0.25) is 9.80 Å². The number of aliphatic hydroxyl groups is 1. The van der Waals surface area contributed by atoms with Crippen molar-refractivity contribution in [2.24, 2.45) is 0 Å². The van der Waals surface area contributed by atoms with Gasteiger partial charge in [0.2, 0.25) is 0 Å². The number of β-amino-alcohol motifs (C(OH)–C–C–N with tert-alkyl or cyclic N) is 1. The van der Waals surface area contributed by atoms with Crippen molar-refractivity contribution in [1.29, 1.82) is 0 Å². The van der Waals surface area contributed by atoms with E-state index in [1.54, 1.807) is 0 Å². The number of aryl methyl sites for hydroxylation is 1. The zero-order chi connectivity index (χ0) is 19.3. The van der Waals surface area contributed by atoms with Crippen LogP contribution < -0.4 is 0 Å². The van der Waals surface area contributed by atoms with Gasteiger partial charge in [0.1, 0.15) is 0 Å². The highest BCUT2D eigenvalue weighted by Crippen LogP contribution is 2.29. The van der Waals surface area contributed by atoms with E-state index in [0.717, 1.165) is 52.5 Å². The highest BCUT2D eigenvalue weighted by Gasteiger charge is 2.31. The Balaban J connectivity index is 1.37. The zero-order valence-electron chi connectivity index (χ0n) is 17.0. The lowest BCUT2D eigenvalue weighted by Gasteiger charge is -2.31. The van der Waals surface area contributed by atoms with E-state index in [9.17, 15) is 5.11 Å². The van der Waals surface area contributed by atoms with Gasteiger partial charge in [0.05, 0.1) is 19.3 Å². The maximum atomic E-state index is 10.7. The van der Waals surface area contributed by atoms with E-state index in [4.69, 9.17) is 4.74 Å². The molecule has 0 radical (unpaired) electrons. The van der Waals surface area contributed by atoms with Crippen molar-refractivity contribution in [1.82, 2.24) is 14.4 Å². The predicted molar refractivity (Wildman–Crippen MR) is 111 cm³/mol. The first-order valence-corrected chi connectivity index (χ1v) is 10.6. The molecule has 4 rings (SSSR count). The van der Waals surface area contributed by atoms with Crippen molar-refractivity contribution in [3.8, 4) is 0 Å². The Morgan fingerprint density at radius 2 is 1.93 bits per heavy atom. The molecule has 1 atom stereocenters. The van der Waals surface area contributed by atoms with Crippen molar-refractivity contribution in [3.05, 3.63) is 59.4 Å². The Hall–Kier alpha value is -1.66. The molecule has 1 saturated carbocycles. The molecular weight excluding hydrogens is 350 g/mol. The summed E-state index contributed by atoms with van der Waals surface area (Å²) >= 11 is 0. The number of aliphatic hydroxyl groups excluding tert-OH is 1. The van der Waals surface area contributed by atoms with Crippen molar-refractivity contribution in [2.45, 2.75) is 45.0 Å². The van der Waals surface area contributed by atoms with Crippen LogP contribution in [-0.2, 0) is 17.8 Å². The first kappa shape index (κ1) is 19.6. The summed E-state index contributed by atoms with van der Waals surface area (Å²) in [5, 5.41) is 10.7. The molecule has 2 aromatic rings. The fraction of sp³-hybridized carbons (Fsp3) is 0.565. The van der Waals surface area contributed by atoms with Crippen LogP contribution in [0.5, 0.6) is 0 Å². The minimum absolute atomic E-state index is 0.307. The molecule has 1 unspecified atom stereocenters. The third-order valence-corrected chi connectivity index (χ3v) is 5.97. The van der Waals surface area contributed by atoms with Crippen molar-refractivity contribution < 1.29 is 9.84 Å². The average Bonchev–Trinajstić information content (AvgIpc) is 3.46. The number of benzene rings is 1. The molecule has 2 fully saturated rings. The van der Waals surface area contributed by atoms with Crippen LogP contribution in [0.1, 0.15) is 29.7 Å². The second kappa shape index (κ2) is 9.23. The molecule has 1 aromatic carbocycles. The van der Waals surface area contributed by atoms with Crippen LogP contribution in [0.15, 0.2) is 42.6 Å². The smallest absolute Gasteiger partial charge is 0.0794 e. The third kappa shape index (κ3) is 5.23. The van der Waals surface area contributed by atoms with Crippen LogP contribution in [0.4, 0.5) is 0 Å². The van der Waals surface area contributed by atoms with Crippen LogP contribution in [0.2, 0.25) is 0 Å². The van der Waals surface area contributed by atoms with Gasteiger partial charge in [-0.25, -0.2) is 0 Å². The zero-order valence-corrected chi connectivity index (χ0v) is 17.0. The van der Waals surface area contributed by atoms with Gasteiger partial charge in [-0.1, -0.05) is 24.3 Å². The molecule has 0 spiro atoms. The standard InChI is InChI=1S/C23H33N3O2/c1-19-5-2-3-6-20(19)15-25-10-4-7-22(25)16-26(21-8-9-21)18-23(27)17-24-11-13-28-14-12-24/h2-7,10,21,23,27H,8-9,11-18H2,1H3. The number of nitrogens with zero attached hydrogens (tertiary/aromatic N) is 3. The molecule has 5 heteroatoms. The highest BCUT2D eigenvalue weighted by molar-refractivity contribution is 5.26. The monoisotopic (exact) mass is 383 g/mol. The number of rotatable bonds is 9. The van der Waals surface area contributed by atoms with E-state index in [1.807, 2.05) is 0 Å². The van der Waals surface area contributed by atoms with Gasteiger partial charge < -0.3 is 14.4 Å². The van der Waals surface area contributed by atoms with Crippen LogP contribution in [0.25, 0.3) is 0 Å². The molecule has 5 nitrogen and oxygen atoms in total. The van der Waals surface area contributed by atoms with Gasteiger partial charge in [-0.2, -0.15) is 0 Å². The molecule has 0 bridgehead atoms. The normalized spacial score (nSPS) is 19.2. The van der Waals surface area contributed by atoms with Gasteiger partial charge in [0.25, 0.3) is 0 Å². The lowest BCUT2D eigenvalue weighted by Crippen LogP contribution is -2.45. The van der Waals surface area contributed by atoms with Crippen molar-refractivity contribution >= 4 is 0 Å². The van der Waals surface area contributed by atoms with Gasteiger partial charge in [-0.15, -0.1) is 0 Å². The van der Waals surface area contributed by atoms with Crippen molar-refractivity contribution in [3.63, 3.8) is 0 Å². The molecule has 2 heterocycles. The maximum absolute atomic E-state index is 10.7. The molecule has 0 amide bonds. The van der Waals surface area contributed by atoms with Crippen molar-refractivity contribution in [2.75, 3.05) is 39.4 Å². The van der Waals surface area contributed by atoms with Gasteiger partial charge in [0.15, 0.2) is 0 Å². The third-order valence-electron chi connectivity index (χ3n) is 5.97. The van der Waals surface area contributed by atoms with Gasteiger partial charge in [0, 0.05) is 57.2 Å². The summed E-state index contributed by atoms with van der Waals surface area (Å²) in [6.07, 6.45) is 4.38. The summed E-state index contributed by atoms with van der Waals surface area (Å²) in [6.45, 7) is 8.91. The Bertz CT molecular complexity index is 750. The Morgan fingerprint density at radius 3 is 2.68 bits per heavy atom. The fourth-order valence-corrected chi connectivity index (χ4v) is 4.12. The van der Waals surface area contributed by atoms with Crippen LogP contribution in [-0.4, -0.2) is 71.0 Å². The molecule has 1 N–H and O–H groups in total. The maximum Gasteiger partial charge on any atom is 0.0794 e. The van der Waals surface area contributed by atoms with E-state index in [-0.39, 0.29) is 6.10 Å². The second-order valence-corrected chi connectivity index (χ2v) is 8.28. The van der Waals surface area contributed by atoms with E-state index in [2.05, 4.69) is 63.9 Å². The van der Waals surface area contributed by atoms with Gasteiger partial charge in [-0.05, 0) is 43.0 Å². The Kier molecular flexibility index (Phi) is 6.47. The second-order valence-electron chi connectivity index (χ2n) is 8.28. The molecule has 1 aliphatic carbocycles. The molecule has 1 saturated heterocycles. The molecule has 152 valence electrons. The molecule has 28 heavy (non-hydrogen) atoms. The summed E-state index contributed by atoms with van der Waals surface area (Å²) < 4.78 is 7.77. The molecule has 2 aliphatic rings. The number of aromatic nitrogens is 1. The van der Waals surface area contributed by atoms with Crippen LogP contribution in [0, 0.1) is 6.92 Å². The summed E-state index contributed by atoms with van der Waals surface area (Å²) in [4.78, 5) is 4.80. The summed E-state index contributed by atoms with van der Waals surface area (Å²) in [5.41, 5.74) is 4.03. The number of hydrogen-bond acceptors (Lipinski definition) is 4. The minimum Gasteiger partial charge on any atom is -0.390 e. The summed E-state index contributed by atoms with van der Waals surface area (Å²) in [7, 11) is 0. The Morgan fingerprint density at radius 1 is 1.14 bits per heavy atom. The van der Waals surface area contributed by atoms with E-state index < -0.39 is 0 Å². The largest absolute Gasteiger partial charge is 0.390 e. The SMILES string of the molecule is Cc1ccccc1Cn1cccc1CN(CC(O)CN1CCOCC1)C1CC1. The first-order chi connectivity index (χ1) is 13.7. The fourth-order valence-electron chi connectivity index (χ4n) is 4.12. The predicted octanol–water partition coefficient (Wildman–Crippen LogP) is 2.50. The number of ether oxygens (including phenoxy) is 1.